The van der Waals surface area contributed by atoms with Crippen LogP contribution < -0.4 is 0 Å². The minimum absolute atomic E-state index is 0.0914. The molecule has 0 amide bonds. The van der Waals surface area contributed by atoms with Crippen molar-refractivity contribution in [1.29, 1.82) is 0 Å². The van der Waals surface area contributed by atoms with Gasteiger partial charge >= 0.3 is 0 Å². The highest BCUT2D eigenvalue weighted by Gasteiger charge is 2.09. The lowest BCUT2D eigenvalue weighted by molar-refractivity contribution is -0.888. The van der Waals surface area contributed by atoms with Gasteiger partial charge in [-0.05, 0) is 26.7 Å². The van der Waals surface area contributed by atoms with Crippen molar-refractivity contribution in [2.24, 2.45) is 0 Å². The van der Waals surface area contributed by atoms with E-state index < -0.39 is 10.4 Å². The van der Waals surface area contributed by atoms with Gasteiger partial charge in [0.25, 0.3) is 0 Å². The summed E-state index contributed by atoms with van der Waals surface area (Å²) >= 11 is 0. The molecule has 0 radical (unpaired) electrons. The van der Waals surface area contributed by atoms with Gasteiger partial charge < -0.3 is 9.04 Å². The number of hydrogen-bond donors (Lipinski definition) is 0. The molecular weight excluding hydrogens is 350 g/mol. The zero-order valence-corrected chi connectivity index (χ0v) is 18.9. The number of nitrogens with zero attached hydrogens (tertiary/aromatic N) is 1. The highest BCUT2D eigenvalue weighted by molar-refractivity contribution is 7.80. The molecule has 0 aromatic rings. The second-order valence-electron chi connectivity index (χ2n) is 7.68. The molecule has 6 heteroatoms. The molecule has 0 atom stereocenters. The molecule has 0 N–H and O–H groups in total. The van der Waals surface area contributed by atoms with Crippen LogP contribution in [0.4, 0.5) is 0 Å². The van der Waals surface area contributed by atoms with Crippen molar-refractivity contribution in [2.75, 3.05) is 33.8 Å². The van der Waals surface area contributed by atoms with E-state index in [4.69, 9.17) is 0 Å². The van der Waals surface area contributed by atoms with Crippen LogP contribution in [-0.2, 0) is 14.6 Å². The van der Waals surface area contributed by atoms with Crippen molar-refractivity contribution >= 4 is 10.4 Å². The molecule has 0 heterocycles. The average Bonchev–Trinajstić information content (AvgIpc) is 2.55. The van der Waals surface area contributed by atoms with Crippen LogP contribution >= 0.6 is 0 Å². The molecule has 0 fully saturated rings. The highest BCUT2D eigenvalue weighted by atomic mass is 32.3. The second-order valence-corrected chi connectivity index (χ2v) is 8.73. The Labute approximate surface area is 164 Å². The van der Waals surface area contributed by atoms with Crippen molar-refractivity contribution in [2.45, 2.75) is 97.8 Å². The molecule has 5 nitrogen and oxygen atoms in total. The minimum Gasteiger partial charge on any atom is -0.726 e. The maximum atomic E-state index is 9.45. The topological polar surface area (TPSA) is 66.4 Å². The Morgan fingerprint density at radius 3 is 1.38 bits per heavy atom. The fourth-order valence-electron chi connectivity index (χ4n) is 2.68. The Bertz CT molecular complexity index is 383. The summed E-state index contributed by atoms with van der Waals surface area (Å²) in [5.74, 6) is 0. The summed E-state index contributed by atoms with van der Waals surface area (Å²) in [4.78, 5) is 0. The minimum atomic E-state index is -4.42. The fraction of sp³-hybridized carbons (Fsp3) is 1.00. The molecule has 160 valence electrons. The van der Waals surface area contributed by atoms with Gasteiger partial charge in [-0.1, -0.05) is 71.1 Å². The Morgan fingerprint density at radius 1 is 0.731 bits per heavy atom. The molecule has 0 unspecified atom stereocenters. The third kappa shape index (κ3) is 26.1. The first kappa shape index (κ1) is 28.0. The van der Waals surface area contributed by atoms with E-state index in [1.165, 1.54) is 102 Å². The summed E-state index contributed by atoms with van der Waals surface area (Å²) in [5, 5.41) is 0. The smallest absolute Gasteiger partial charge is 0.217 e. The first-order valence-corrected chi connectivity index (χ1v) is 11.9. The fourth-order valence-corrected chi connectivity index (χ4v) is 2.97. The number of quaternary nitrogens is 1. The van der Waals surface area contributed by atoms with Gasteiger partial charge in [-0.15, -0.1) is 0 Å². The molecule has 0 aromatic carbocycles. The average molecular weight is 396 g/mol. The van der Waals surface area contributed by atoms with Crippen LogP contribution in [0.2, 0.25) is 0 Å². The summed E-state index contributed by atoms with van der Waals surface area (Å²) in [5.41, 5.74) is 0. The lowest BCUT2D eigenvalue weighted by Gasteiger charge is -2.28. The van der Waals surface area contributed by atoms with Crippen LogP contribution in [-0.4, -0.2) is 51.2 Å². The monoisotopic (exact) mass is 395 g/mol. The largest absolute Gasteiger partial charge is 0.726 e. The summed E-state index contributed by atoms with van der Waals surface area (Å²) < 4.78 is 33.2. The Balaban J connectivity index is 0. The Hall–Kier alpha value is -0.170. The van der Waals surface area contributed by atoms with E-state index in [1.54, 1.807) is 0 Å². The molecule has 0 saturated heterocycles. The quantitative estimate of drug-likeness (QED) is 0.155. The van der Waals surface area contributed by atoms with Gasteiger partial charge in [0.1, 0.15) is 0 Å². The van der Waals surface area contributed by atoms with Crippen LogP contribution in [0.3, 0.4) is 0 Å². The van der Waals surface area contributed by atoms with E-state index in [0.29, 0.717) is 0 Å². The molecule has 0 bridgehead atoms. The molecule has 0 rings (SSSR count). The van der Waals surface area contributed by atoms with E-state index in [0.717, 1.165) is 0 Å². The summed E-state index contributed by atoms with van der Waals surface area (Å²) in [6, 6.07) is 0. The molecule has 0 aromatic heterocycles. The molecule has 26 heavy (non-hydrogen) atoms. The van der Waals surface area contributed by atoms with Gasteiger partial charge in [0.2, 0.25) is 10.4 Å². The van der Waals surface area contributed by atoms with E-state index in [9.17, 15) is 13.0 Å². The summed E-state index contributed by atoms with van der Waals surface area (Å²) in [6.45, 7) is 8.54. The second kappa shape index (κ2) is 18.2. The van der Waals surface area contributed by atoms with Crippen molar-refractivity contribution in [1.82, 2.24) is 0 Å². The van der Waals surface area contributed by atoms with Gasteiger partial charge in [0.05, 0.1) is 33.8 Å². The first-order valence-electron chi connectivity index (χ1n) is 10.6. The predicted molar refractivity (Wildman–Crippen MR) is 110 cm³/mol. The third-order valence-corrected chi connectivity index (χ3v) is 5.26. The Kier molecular flexibility index (Phi) is 19.6. The maximum absolute atomic E-state index is 9.45. The molecule has 0 aliphatic carbocycles. The number of hydrogen-bond acceptors (Lipinski definition) is 4. The van der Waals surface area contributed by atoms with Crippen LogP contribution in [0.15, 0.2) is 0 Å². The summed E-state index contributed by atoms with van der Waals surface area (Å²) in [7, 11) is 0.267. The standard InChI is InChI=1S/C18H40N.C2H6O4S/c1-5-7-8-9-10-11-12-13-14-15-16-17-18-19(3,4)6-2;1-2-6-7(3,4)5/h5-18H2,1-4H3;2H2,1H3,(H,3,4,5)/q+1;/p-1. The molecule has 0 spiro atoms. The van der Waals surface area contributed by atoms with Crippen molar-refractivity contribution < 1.29 is 21.6 Å². The highest BCUT2D eigenvalue weighted by Crippen LogP contribution is 2.12. The van der Waals surface area contributed by atoms with E-state index in [1.807, 2.05) is 0 Å². The molecule has 0 aliphatic heterocycles. The van der Waals surface area contributed by atoms with Crippen molar-refractivity contribution in [3.8, 4) is 0 Å². The molecule has 0 saturated carbocycles. The number of unbranched alkanes of at least 4 members (excludes halogenated alkanes) is 11. The van der Waals surface area contributed by atoms with Gasteiger partial charge in [-0.3, -0.25) is 4.18 Å². The Morgan fingerprint density at radius 2 is 1.12 bits per heavy atom. The van der Waals surface area contributed by atoms with Crippen LogP contribution in [0.25, 0.3) is 0 Å². The first-order chi connectivity index (χ1) is 12.2. The van der Waals surface area contributed by atoms with Crippen LogP contribution in [0, 0.1) is 0 Å². The van der Waals surface area contributed by atoms with Crippen molar-refractivity contribution in [3.63, 3.8) is 0 Å². The van der Waals surface area contributed by atoms with Crippen LogP contribution in [0.1, 0.15) is 97.8 Å². The van der Waals surface area contributed by atoms with E-state index >= 15 is 0 Å². The van der Waals surface area contributed by atoms with Crippen molar-refractivity contribution in [3.05, 3.63) is 0 Å². The predicted octanol–water partition coefficient (Wildman–Crippen LogP) is 5.27. The molecule has 0 aliphatic rings. The normalized spacial score (nSPS) is 11.9. The van der Waals surface area contributed by atoms with Crippen LogP contribution in [0.5, 0.6) is 0 Å². The van der Waals surface area contributed by atoms with E-state index in [2.05, 4.69) is 32.1 Å². The molecular formula is C20H45NO4S. The SMILES string of the molecule is CCCCCCCCCCCCCC[N+](C)(C)CC.CCOS(=O)(=O)[O-]. The number of rotatable bonds is 16. The third-order valence-electron chi connectivity index (χ3n) is 4.74. The van der Waals surface area contributed by atoms with Gasteiger partial charge in [0, 0.05) is 0 Å². The lowest BCUT2D eigenvalue weighted by atomic mass is 10.1. The van der Waals surface area contributed by atoms with Gasteiger partial charge in [0.15, 0.2) is 0 Å². The van der Waals surface area contributed by atoms with Gasteiger partial charge in [-0.2, -0.15) is 0 Å². The zero-order chi connectivity index (χ0) is 20.3. The zero-order valence-electron chi connectivity index (χ0n) is 18.1. The summed E-state index contributed by atoms with van der Waals surface area (Å²) in [6.07, 6.45) is 17.4. The van der Waals surface area contributed by atoms with Gasteiger partial charge in [-0.25, -0.2) is 8.42 Å². The van der Waals surface area contributed by atoms with E-state index in [-0.39, 0.29) is 6.61 Å². The lowest BCUT2D eigenvalue weighted by Crippen LogP contribution is -2.39. The maximum Gasteiger partial charge on any atom is 0.217 e.